The average Bonchev–Trinajstić information content (AvgIpc) is 2.71. The molecule has 1 aliphatic rings. The van der Waals surface area contributed by atoms with Crippen LogP contribution in [0.3, 0.4) is 0 Å². The fraction of sp³-hybridized carbons (Fsp3) is 0.250. The van der Waals surface area contributed by atoms with E-state index in [1.807, 2.05) is 12.1 Å². The SMILES string of the molecule is Clc1ccc(N2CCN(Cc3ccccc3)C[C@H]2Cc2ccccc2)cc1. The fourth-order valence-corrected chi connectivity index (χ4v) is 4.06. The van der Waals surface area contributed by atoms with Crippen LogP contribution in [0.4, 0.5) is 5.69 Å². The Morgan fingerprint density at radius 2 is 1.37 bits per heavy atom. The zero-order chi connectivity index (χ0) is 18.5. The lowest BCUT2D eigenvalue weighted by atomic mass is 10.0. The molecule has 1 atom stereocenters. The van der Waals surface area contributed by atoms with Gasteiger partial charge >= 0.3 is 0 Å². The molecule has 0 aliphatic carbocycles. The molecular formula is C24H25ClN2. The number of hydrogen-bond acceptors (Lipinski definition) is 2. The van der Waals surface area contributed by atoms with Crippen molar-refractivity contribution < 1.29 is 0 Å². The van der Waals surface area contributed by atoms with Gasteiger partial charge in [0.2, 0.25) is 0 Å². The van der Waals surface area contributed by atoms with Crippen LogP contribution in [0.25, 0.3) is 0 Å². The second kappa shape index (κ2) is 8.60. The van der Waals surface area contributed by atoms with E-state index in [4.69, 9.17) is 11.6 Å². The Bertz CT molecular complexity index is 833. The summed E-state index contributed by atoms with van der Waals surface area (Å²) in [6, 6.07) is 30.3. The second-order valence-electron chi connectivity index (χ2n) is 7.23. The van der Waals surface area contributed by atoms with Crippen molar-refractivity contribution in [2.75, 3.05) is 24.5 Å². The van der Waals surface area contributed by atoms with Crippen molar-refractivity contribution in [3.05, 3.63) is 101 Å². The maximum atomic E-state index is 6.10. The molecule has 0 aromatic heterocycles. The summed E-state index contributed by atoms with van der Waals surface area (Å²) in [4.78, 5) is 5.13. The molecule has 0 N–H and O–H groups in total. The van der Waals surface area contributed by atoms with Crippen LogP contribution < -0.4 is 4.90 Å². The van der Waals surface area contributed by atoms with E-state index < -0.39 is 0 Å². The fourth-order valence-electron chi connectivity index (χ4n) is 3.94. The number of benzene rings is 3. The van der Waals surface area contributed by atoms with E-state index in [0.717, 1.165) is 37.6 Å². The molecule has 3 aromatic rings. The normalized spacial score (nSPS) is 17.8. The zero-order valence-electron chi connectivity index (χ0n) is 15.5. The van der Waals surface area contributed by atoms with Crippen LogP contribution >= 0.6 is 11.6 Å². The molecule has 27 heavy (non-hydrogen) atoms. The molecule has 138 valence electrons. The van der Waals surface area contributed by atoms with Crippen LogP contribution in [-0.4, -0.2) is 30.6 Å². The van der Waals surface area contributed by atoms with Gasteiger partial charge in [0.05, 0.1) is 0 Å². The average molecular weight is 377 g/mol. The topological polar surface area (TPSA) is 6.48 Å². The molecular weight excluding hydrogens is 352 g/mol. The van der Waals surface area contributed by atoms with Gasteiger partial charge in [-0.1, -0.05) is 72.3 Å². The minimum absolute atomic E-state index is 0.450. The Hall–Kier alpha value is -2.29. The smallest absolute Gasteiger partial charge is 0.0458 e. The lowest BCUT2D eigenvalue weighted by Gasteiger charge is -2.43. The maximum absolute atomic E-state index is 6.10. The number of hydrogen-bond donors (Lipinski definition) is 0. The predicted molar refractivity (Wildman–Crippen MR) is 114 cm³/mol. The lowest BCUT2D eigenvalue weighted by molar-refractivity contribution is 0.214. The first-order chi connectivity index (χ1) is 13.3. The van der Waals surface area contributed by atoms with Crippen LogP contribution in [-0.2, 0) is 13.0 Å². The summed E-state index contributed by atoms with van der Waals surface area (Å²) in [5, 5.41) is 0.793. The van der Waals surface area contributed by atoms with E-state index in [2.05, 4.69) is 82.6 Å². The first-order valence-electron chi connectivity index (χ1n) is 9.60. The first kappa shape index (κ1) is 18.1. The number of rotatable bonds is 5. The molecule has 0 bridgehead atoms. The van der Waals surface area contributed by atoms with Crippen LogP contribution in [0.2, 0.25) is 5.02 Å². The van der Waals surface area contributed by atoms with E-state index in [1.165, 1.54) is 16.8 Å². The molecule has 0 radical (unpaired) electrons. The summed E-state index contributed by atoms with van der Waals surface area (Å²) >= 11 is 6.10. The highest BCUT2D eigenvalue weighted by atomic mass is 35.5. The Morgan fingerprint density at radius 1 is 0.741 bits per heavy atom. The van der Waals surface area contributed by atoms with Gasteiger partial charge in [0.15, 0.2) is 0 Å². The zero-order valence-corrected chi connectivity index (χ0v) is 16.2. The van der Waals surface area contributed by atoms with Gasteiger partial charge in [-0.05, 0) is 41.8 Å². The summed E-state index contributed by atoms with van der Waals surface area (Å²) in [5.74, 6) is 0. The third kappa shape index (κ3) is 4.71. The largest absolute Gasteiger partial charge is 0.366 e. The van der Waals surface area contributed by atoms with Gasteiger partial charge in [-0.15, -0.1) is 0 Å². The minimum atomic E-state index is 0.450. The number of nitrogens with zero attached hydrogens (tertiary/aromatic N) is 2. The van der Waals surface area contributed by atoms with Crippen LogP contribution in [0.15, 0.2) is 84.9 Å². The Kier molecular flexibility index (Phi) is 5.76. The van der Waals surface area contributed by atoms with Crippen LogP contribution in [0.1, 0.15) is 11.1 Å². The van der Waals surface area contributed by atoms with Gasteiger partial charge in [0, 0.05) is 42.9 Å². The molecule has 1 saturated heterocycles. The molecule has 1 heterocycles. The number of anilines is 1. The van der Waals surface area contributed by atoms with Gasteiger partial charge in [0.25, 0.3) is 0 Å². The van der Waals surface area contributed by atoms with E-state index >= 15 is 0 Å². The molecule has 2 nitrogen and oxygen atoms in total. The van der Waals surface area contributed by atoms with E-state index in [1.54, 1.807) is 0 Å². The van der Waals surface area contributed by atoms with Gasteiger partial charge in [-0.2, -0.15) is 0 Å². The maximum Gasteiger partial charge on any atom is 0.0458 e. The van der Waals surface area contributed by atoms with Gasteiger partial charge in [-0.25, -0.2) is 0 Å². The van der Waals surface area contributed by atoms with E-state index in [9.17, 15) is 0 Å². The molecule has 4 rings (SSSR count). The molecule has 3 heteroatoms. The monoisotopic (exact) mass is 376 g/mol. The summed E-state index contributed by atoms with van der Waals surface area (Å²) in [6.07, 6.45) is 1.05. The molecule has 3 aromatic carbocycles. The van der Waals surface area contributed by atoms with Crippen molar-refractivity contribution in [1.82, 2.24) is 4.90 Å². The quantitative estimate of drug-likeness (QED) is 0.598. The molecule has 0 unspecified atom stereocenters. The standard InChI is InChI=1S/C24H25ClN2/c25-22-11-13-23(14-12-22)27-16-15-26(18-21-9-5-2-6-10-21)19-24(27)17-20-7-3-1-4-8-20/h1-14,24H,15-19H2/t24-/m1/s1. The van der Waals surface area contributed by atoms with Gasteiger partial charge in [-0.3, -0.25) is 4.90 Å². The first-order valence-corrected chi connectivity index (χ1v) is 9.98. The summed E-state index contributed by atoms with van der Waals surface area (Å²) in [7, 11) is 0. The Labute approximate surface area is 167 Å². The highest BCUT2D eigenvalue weighted by molar-refractivity contribution is 6.30. The van der Waals surface area contributed by atoms with Crippen molar-refractivity contribution in [1.29, 1.82) is 0 Å². The van der Waals surface area contributed by atoms with Crippen molar-refractivity contribution in [2.45, 2.75) is 19.0 Å². The Morgan fingerprint density at radius 3 is 2.04 bits per heavy atom. The molecule has 0 spiro atoms. The van der Waals surface area contributed by atoms with Crippen LogP contribution in [0, 0.1) is 0 Å². The Balaban J connectivity index is 1.53. The van der Waals surface area contributed by atoms with Crippen molar-refractivity contribution in [2.24, 2.45) is 0 Å². The van der Waals surface area contributed by atoms with Crippen molar-refractivity contribution in [3.63, 3.8) is 0 Å². The minimum Gasteiger partial charge on any atom is -0.366 e. The van der Waals surface area contributed by atoms with E-state index in [-0.39, 0.29) is 0 Å². The van der Waals surface area contributed by atoms with E-state index in [0.29, 0.717) is 6.04 Å². The van der Waals surface area contributed by atoms with Crippen LogP contribution in [0.5, 0.6) is 0 Å². The third-order valence-corrected chi connectivity index (χ3v) is 5.54. The molecule has 0 saturated carbocycles. The molecule has 1 fully saturated rings. The van der Waals surface area contributed by atoms with Gasteiger partial charge in [0.1, 0.15) is 0 Å². The highest BCUT2D eigenvalue weighted by Crippen LogP contribution is 2.25. The third-order valence-electron chi connectivity index (χ3n) is 5.29. The number of piperazine rings is 1. The molecule has 0 amide bonds. The predicted octanol–water partition coefficient (Wildman–Crippen LogP) is 5.27. The summed E-state index contributed by atoms with van der Waals surface area (Å²) in [6.45, 7) is 4.18. The summed E-state index contributed by atoms with van der Waals surface area (Å²) in [5.41, 5.74) is 4.04. The number of halogens is 1. The van der Waals surface area contributed by atoms with Crippen molar-refractivity contribution >= 4 is 17.3 Å². The molecule has 1 aliphatic heterocycles. The summed E-state index contributed by atoms with van der Waals surface area (Å²) < 4.78 is 0. The second-order valence-corrected chi connectivity index (χ2v) is 7.67. The highest BCUT2D eigenvalue weighted by Gasteiger charge is 2.27. The van der Waals surface area contributed by atoms with Crippen molar-refractivity contribution in [3.8, 4) is 0 Å². The van der Waals surface area contributed by atoms with Gasteiger partial charge < -0.3 is 4.90 Å². The lowest BCUT2D eigenvalue weighted by Crippen LogP contribution is -2.53.